The lowest BCUT2D eigenvalue weighted by molar-refractivity contribution is 0.281. The highest BCUT2D eigenvalue weighted by atomic mass is 79.9. The Kier molecular flexibility index (Phi) is 3.76. The van der Waals surface area contributed by atoms with Crippen LogP contribution in [-0.2, 0) is 6.61 Å². The van der Waals surface area contributed by atoms with Crippen LogP contribution in [0.2, 0.25) is 0 Å². The van der Waals surface area contributed by atoms with E-state index in [2.05, 4.69) is 20.9 Å². The number of halogens is 1. The number of nitrogens with zero attached hydrogens (tertiary/aromatic N) is 1. The van der Waals surface area contributed by atoms with Gasteiger partial charge in [0.2, 0.25) is 5.88 Å². The lowest BCUT2D eigenvalue weighted by Gasteiger charge is -2.07. The van der Waals surface area contributed by atoms with Crippen LogP contribution < -0.4 is 4.74 Å². The van der Waals surface area contributed by atoms with Crippen molar-refractivity contribution in [3.05, 3.63) is 52.1 Å². The molecule has 0 spiro atoms. The van der Waals surface area contributed by atoms with Gasteiger partial charge in [0.15, 0.2) is 0 Å². The van der Waals surface area contributed by atoms with E-state index in [9.17, 15) is 0 Å². The zero-order valence-corrected chi connectivity index (χ0v) is 10.9. The minimum atomic E-state index is 0.00396. The van der Waals surface area contributed by atoms with Crippen molar-refractivity contribution >= 4 is 15.9 Å². The van der Waals surface area contributed by atoms with Crippen LogP contribution in [0.5, 0.6) is 11.6 Å². The molecule has 0 bridgehead atoms. The van der Waals surface area contributed by atoms with Crippen molar-refractivity contribution in [1.82, 2.24) is 4.98 Å². The largest absolute Gasteiger partial charge is 0.439 e. The Bertz CT molecular complexity index is 529. The fraction of sp³-hybridized carbons (Fsp3) is 0.154. The van der Waals surface area contributed by atoms with Crippen LogP contribution in [0.1, 0.15) is 11.3 Å². The molecule has 0 saturated heterocycles. The average Bonchev–Trinajstić information content (AvgIpc) is 2.34. The van der Waals surface area contributed by atoms with Crippen LogP contribution in [-0.4, -0.2) is 10.1 Å². The summed E-state index contributed by atoms with van der Waals surface area (Å²) in [7, 11) is 0. The molecule has 0 atom stereocenters. The second kappa shape index (κ2) is 5.29. The monoisotopic (exact) mass is 293 g/mol. The first kappa shape index (κ1) is 12.1. The molecular weight excluding hydrogens is 282 g/mol. The molecule has 1 aromatic heterocycles. The van der Waals surface area contributed by atoms with E-state index >= 15 is 0 Å². The fourth-order valence-electron chi connectivity index (χ4n) is 1.41. The molecule has 1 heterocycles. The number of aryl methyl sites for hydroxylation is 1. The first-order valence-corrected chi connectivity index (χ1v) is 5.99. The van der Waals surface area contributed by atoms with Gasteiger partial charge in [-0.15, -0.1) is 0 Å². The van der Waals surface area contributed by atoms with Crippen LogP contribution >= 0.6 is 15.9 Å². The van der Waals surface area contributed by atoms with Gasteiger partial charge in [0.05, 0.1) is 12.3 Å². The highest BCUT2D eigenvalue weighted by molar-refractivity contribution is 9.10. The molecule has 0 unspecified atom stereocenters. The molecule has 0 aliphatic heterocycles. The maximum atomic E-state index is 9.03. The number of hydrogen-bond donors (Lipinski definition) is 1. The van der Waals surface area contributed by atoms with Gasteiger partial charge in [0.25, 0.3) is 0 Å². The number of aromatic nitrogens is 1. The first-order valence-electron chi connectivity index (χ1n) is 5.20. The predicted molar refractivity (Wildman–Crippen MR) is 69.1 cm³/mol. The SMILES string of the molecule is Cc1nc(Oc2cccc(CO)c2)ccc1Br. The van der Waals surface area contributed by atoms with Crippen molar-refractivity contribution in [2.75, 3.05) is 0 Å². The molecule has 0 aliphatic rings. The zero-order chi connectivity index (χ0) is 12.3. The van der Waals surface area contributed by atoms with Crippen LogP contribution in [0, 0.1) is 6.92 Å². The topological polar surface area (TPSA) is 42.4 Å². The molecule has 17 heavy (non-hydrogen) atoms. The number of ether oxygens (including phenoxy) is 1. The normalized spacial score (nSPS) is 10.3. The maximum absolute atomic E-state index is 9.03. The molecule has 0 amide bonds. The summed E-state index contributed by atoms with van der Waals surface area (Å²) in [5, 5.41) is 9.03. The smallest absolute Gasteiger partial charge is 0.219 e. The Labute approximate surface area is 108 Å². The first-order chi connectivity index (χ1) is 8.19. The molecule has 1 N–H and O–H groups in total. The van der Waals surface area contributed by atoms with Crippen LogP contribution in [0.25, 0.3) is 0 Å². The Balaban J connectivity index is 2.22. The van der Waals surface area contributed by atoms with Gasteiger partial charge < -0.3 is 9.84 Å². The Hall–Kier alpha value is -1.39. The molecule has 0 saturated carbocycles. The average molecular weight is 294 g/mol. The van der Waals surface area contributed by atoms with Crippen molar-refractivity contribution in [3.8, 4) is 11.6 Å². The summed E-state index contributed by atoms with van der Waals surface area (Å²) >= 11 is 3.39. The van der Waals surface area contributed by atoms with Crippen LogP contribution in [0.3, 0.4) is 0 Å². The third-order valence-corrected chi connectivity index (χ3v) is 3.14. The zero-order valence-electron chi connectivity index (χ0n) is 9.35. The van der Waals surface area contributed by atoms with Crippen molar-refractivity contribution < 1.29 is 9.84 Å². The van der Waals surface area contributed by atoms with Gasteiger partial charge in [0.1, 0.15) is 5.75 Å². The molecule has 0 radical (unpaired) electrons. The summed E-state index contributed by atoms with van der Waals surface area (Å²) in [4.78, 5) is 4.29. The van der Waals surface area contributed by atoms with E-state index in [1.807, 2.05) is 31.2 Å². The van der Waals surface area contributed by atoms with Crippen molar-refractivity contribution in [3.63, 3.8) is 0 Å². The Morgan fingerprint density at radius 2 is 2.12 bits per heavy atom. The molecule has 2 aromatic rings. The lowest BCUT2D eigenvalue weighted by atomic mass is 10.2. The second-order valence-electron chi connectivity index (χ2n) is 3.62. The predicted octanol–water partition coefficient (Wildman–Crippen LogP) is 3.44. The molecule has 2 rings (SSSR count). The highest BCUT2D eigenvalue weighted by Crippen LogP contribution is 2.23. The van der Waals surface area contributed by atoms with Gasteiger partial charge in [-0.2, -0.15) is 0 Å². The summed E-state index contributed by atoms with van der Waals surface area (Å²) < 4.78 is 6.57. The minimum absolute atomic E-state index is 0.00396. The summed E-state index contributed by atoms with van der Waals surface area (Å²) in [6.07, 6.45) is 0. The van der Waals surface area contributed by atoms with Crippen molar-refractivity contribution in [2.45, 2.75) is 13.5 Å². The van der Waals surface area contributed by atoms with Crippen LogP contribution in [0.4, 0.5) is 0 Å². The lowest BCUT2D eigenvalue weighted by Crippen LogP contribution is -1.91. The van der Waals surface area contributed by atoms with Gasteiger partial charge >= 0.3 is 0 Å². The number of pyridine rings is 1. The Morgan fingerprint density at radius 3 is 2.82 bits per heavy atom. The van der Waals surface area contributed by atoms with E-state index in [1.165, 1.54) is 0 Å². The summed E-state index contributed by atoms with van der Waals surface area (Å²) in [5.41, 5.74) is 1.69. The van der Waals surface area contributed by atoms with Gasteiger partial charge in [0, 0.05) is 10.5 Å². The summed E-state index contributed by atoms with van der Waals surface area (Å²) in [6, 6.07) is 11.0. The number of rotatable bonds is 3. The van der Waals surface area contributed by atoms with Crippen molar-refractivity contribution in [2.24, 2.45) is 0 Å². The maximum Gasteiger partial charge on any atom is 0.219 e. The Morgan fingerprint density at radius 1 is 1.29 bits per heavy atom. The number of hydrogen-bond acceptors (Lipinski definition) is 3. The van der Waals surface area contributed by atoms with E-state index in [0.717, 1.165) is 15.7 Å². The standard InChI is InChI=1S/C13H12BrNO2/c1-9-12(14)5-6-13(15-9)17-11-4-2-3-10(7-11)8-16/h2-7,16H,8H2,1H3. The van der Waals surface area contributed by atoms with E-state index in [0.29, 0.717) is 11.6 Å². The second-order valence-corrected chi connectivity index (χ2v) is 4.48. The van der Waals surface area contributed by atoms with Gasteiger partial charge in [-0.1, -0.05) is 12.1 Å². The van der Waals surface area contributed by atoms with E-state index < -0.39 is 0 Å². The van der Waals surface area contributed by atoms with Gasteiger partial charge in [-0.05, 0) is 46.6 Å². The van der Waals surface area contributed by atoms with Crippen molar-refractivity contribution in [1.29, 1.82) is 0 Å². The fourth-order valence-corrected chi connectivity index (χ4v) is 1.63. The molecular formula is C13H12BrNO2. The van der Waals surface area contributed by atoms with E-state index in [4.69, 9.17) is 9.84 Å². The van der Waals surface area contributed by atoms with Gasteiger partial charge in [-0.25, -0.2) is 4.98 Å². The quantitative estimate of drug-likeness (QED) is 0.943. The molecule has 0 aliphatic carbocycles. The van der Waals surface area contributed by atoms with Gasteiger partial charge in [-0.3, -0.25) is 0 Å². The minimum Gasteiger partial charge on any atom is -0.439 e. The number of aliphatic hydroxyl groups is 1. The molecule has 1 aromatic carbocycles. The van der Waals surface area contributed by atoms with E-state index in [-0.39, 0.29) is 6.61 Å². The molecule has 0 fully saturated rings. The number of aliphatic hydroxyl groups excluding tert-OH is 1. The molecule has 3 nitrogen and oxygen atoms in total. The molecule has 88 valence electrons. The highest BCUT2D eigenvalue weighted by Gasteiger charge is 2.02. The van der Waals surface area contributed by atoms with Crippen LogP contribution in [0.15, 0.2) is 40.9 Å². The summed E-state index contributed by atoms with van der Waals surface area (Å²) in [5.74, 6) is 1.21. The van der Waals surface area contributed by atoms with E-state index in [1.54, 1.807) is 12.1 Å². The number of benzene rings is 1. The molecule has 4 heteroatoms. The third-order valence-electron chi connectivity index (χ3n) is 2.30. The summed E-state index contributed by atoms with van der Waals surface area (Å²) in [6.45, 7) is 1.91. The third kappa shape index (κ3) is 3.05.